The number of ether oxygens (including phenoxy) is 1. The van der Waals surface area contributed by atoms with Gasteiger partial charge in [-0.3, -0.25) is 9.97 Å². The average Bonchev–Trinajstić information content (AvgIpc) is 3.36. The fourth-order valence-corrected chi connectivity index (χ4v) is 7.00. The summed E-state index contributed by atoms with van der Waals surface area (Å²) in [5.74, 6) is 0.887. The summed E-state index contributed by atoms with van der Waals surface area (Å²) >= 11 is 1.82. The van der Waals surface area contributed by atoms with Gasteiger partial charge in [0, 0.05) is 31.4 Å². The van der Waals surface area contributed by atoms with E-state index in [2.05, 4.69) is 62.5 Å². The average molecular weight is 533 g/mol. The minimum absolute atomic E-state index is 0.182. The highest BCUT2D eigenvalue weighted by Crippen LogP contribution is 2.55. The Morgan fingerprint density at radius 1 is 0.949 bits per heavy atom. The topological polar surface area (TPSA) is 66.2 Å². The minimum atomic E-state index is -0.464. The smallest absolute Gasteiger partial charge is 0.248 e. The third-order valence-electron chi connectivity index (χ3n) is 7.34. The van der Waals surface area contributed by atoms with Crippen molar-refractivity contribution in [3.63, 3.8) is 0 Å². The number of hydrogen-bond acceptors (Lipinski definition) is 8. The van der Waals surface area contributed by atoms with Crippen LogP contribution in [0.1, 0.15) is 42.6 Å². The number of allylic oxidation sites excluding steroid dienone is 1. The Hall–Kier alpha value is -4.01. The maximum absolute atomic E-state index is 6.15. The van der Waals surface area contributed by atoms with Crippen molar-refractivity contribution in [3.8, 4) is 0 Å². The van der Waals surface area contributed by atoms with E-state index in [-0.39, 0.29) is 5.25 Å². The van der Waals surface area contributed by atoms with Crippen molar-refractivity contribution in [1.82, 2.24) is 15.0 Å². The Balaban J connectivity index is 1.40. The highest BCUT2D eigenvalue weighted by atomic mass is 32.2. The molecule has 0 saturated heterocycles. The summed E-state index contributed by atoms with van der Waals surface area (Å²) in [5, 5.41) is 5.33. The molecule has 39 heavy (non-hydrogen) atoms. The number of hydrazine groups is 1. The third kappa shape index (κ3) is 4.30. The number of thioether (sulfide) groups is 1. The van der Waals surface area contributed by atoms with E-state index in [9.17, 15) is 0 Å². The van der Waals surface area contributed by atoms with E-state index in [1.54, 1.807) is 0 Å². The standard InChI is InChI=1S/C31H28N6OS/c1-2-38-31-35-29-27-26-23(19-21-11-15-32-16-12-21)7-6-10-25(26)28(22-13-17-33-18-14-22)39-30(27)34-20-36(29)37(31)24-8-4-3-5-9-24/h3-5,8-9,11-20,28,31H,2,6-7,10H2,1H3. The lowest BCUT2D eigenvalue weighted by molar-refractivity contribution is 0.0611. The van der Waals surface area contributed by atoms with Crippen LogP contribution in [0.3, 0.4) is 0 Å². The molecule has 4 aliphatic rings. The molecule has 3 aromatic rings. The third-order valence-corrected chi connectivity index (χ3v) is 8.66. The molecule has 0 saturated carbocycles. The molecule has 0 fully saturated rings. The molecule has 0 N–H and O–H groups in total. The second kappa shape index (κ2) is 10.3. The van der Waals surface area contributed by atoms with E-state index in [0.29, 0.717) is 6.61 Å². The number of benzene rings is 1. The van der Waals surface area contributed by atoms with Gasteiger partial charge in [-0.05, 0) is 90.4 Å². The number of nitrogens with zero attached hydrogens (tertiary/aromatic N) is 6. The fourth-order valence-electron chi connectivity index (χ4n) is 5.69. The van der Waals surface area contributed by atoms with Gasteiger partial charge in [0.2, 0.25) is 6.35 Å². The maximum Gasteiger partial charge on any atom is 0.248 e. The van der Waals surface area contributed by atoms with Crippen molar-refractivity contribution in [2.75, 3.05) is 11.6 Å². The largest absolute Gasteiger partial charge is 0.338 e. The Morgan fingerprint density at radius 2 is 1.72 bits per heavy atom. The van der Waals surface area contributed by atoms with Gasteiger partial charge >= 0.3 is 0 Å². The van der Waals surface area contributed by atoms with Crippen LogP contribution in [0.5, 0.6) is 0 Å². The van der Waals surface area contributed by atoms with Gasteiger partial charge in [0.1, 0.15) is 11.4 Å². The molecule has 3 aliphatic heterocycles. The summed E-state index contributed by atoms with van der Waals surface area (Å²) in [7, 11) is 0. The zero-order chi connectivity index (χ0) is 26.2. The second-order valence-electron chi connectivity index (χ2n) is 9.67. The van der Waals surface area contributed by atoms with Gasteiger partial charge in [-0.25, -0.2) is 20.0 Å². The summed E-state index contributed by atoms with van der Waals surface area (Å²) in [6.07, 6.45) is 14.4. The first-order valence-electron chi connectivity index (χ1n) is 13.3. The number of para-hydroxylation sites is 1. The van der Waals surface area contributed by atoms with Crippen molar-refractivity contribution in [3.05, 3.63) is 118 Å². The molecule has 2 atom stereocenters. The molecule has 0 bridgehead atoms. The predicted octanol–water partition coefficient (Wildman–Crippen LogP) is 6.54. The zero-order valence-electron chi connectivity index (χ0n) is 21.6. The summed E-state index contributed by atoms with van der Waals surface area (Å²) in [4.78, 5) is 18.7. The number of fused-ring (bicyclic) bond motifs is 3. The van der Waals surface area contributed by atoms with Gasteiger partial charge in [0.05, 0.1) is 16.5 Å². The van der Waals surface area contributed by atoms with Gasteiger partial charge in [-0.15, -0.1) is 0 Å². The van der Waals surface area contributed by atoms with Crippen LogP contribution in [0.4, 0.5) is 5.69 Å². The Kier molecular flexibility index (Phi) is 6.34. The molecule has 194 valence electrons. The number of anilines is 1. The number of aromatic nitrogens is 2. The number of rotatable bonds is 5. The van der Waals surface area contributed by atoms with Gasteiger partial charge in [0.25, 0.3) is 0 Å². The van der Waals surface area contributed by atoms with E-state index >= 15 is 0 Å². The van der Waals surface area contributed by atoms with Gasteiger partial charge in [0.15, 0.2) is 5.84 Å². The summed E-state index contributed by atoms with van der Waals surface area (Å²) < 4.78 is 6.15. The van der Waals surface area contributed by atoms with Crippen LogP contribution in [0, 0.1) is 0 Å². The number of hydrogen-bond donors (Lipinski definition) is 0. The molecule has 7 nitrogen and oxygen atoms in total. The van der Waals surface area contributed by atoms with Crippen LogP contribution in [0.2, 0.25) is 0 Å². The van der Waals surface area contributed by atoms with E-state index in [0.717, 1.165) is 47.0 Å². The molecular weight excluding hydrogens is 504 g/mol. The van der Waals surface area contributed by atoms with E-state index in [4.69, 9.17) is 14.7 Å². The highest BCUT2D eigenvalue weighted by molar-refractivity contribution is 8.03. The first kappa shape index (κ1) is 24.1. The van der Waals surface area contributed by atoms with E-state index in [1.165, 1.54) is 22.3 Å². The lowest BCUT2D eigenvalue weighted by Gasteiger charge is -2.39. The van der Waals surface area contributed by atoms with Crippen LogP contribution in [0.25, 0.3) is 6.08 Å². The summed E-state index contributed by atoms with van der Waals surface area (Å²) in [6, 6.07) is 18.6. The minimum Gasteiger partial charge on any atom is -0.338 e. The van der Waals surface area contributed by atoms with Crippen LogP contribution in [-0.2, 0) is 4.74 Å². The van der Waals surface area contributed by atoms with E-state index < -0.39 is 6.35 Å². The highest BCUT2D eigenvalue weighted by Gasteiger charge is 2.44. The lowest BCUT2D eigenvalue weighted by Crippen LogP contribution is -2.47. The fraction of sp³-hybridized carbons (Fsp3) is 0.226. The number of amidine groups is 1. The summed E-state index contributed by atoms with van der Waals surface area (Å²) in [5.41, 5.74) is 8.54. The van der Waals surface area contributed by atoms with E-state index in [1.807, 2.05) is 68.0 Å². The van der Waals surface area contributed by atoms with Gasteiger partial charge in [-0.2, -0.15) is 0 Å². The molecule has 1 aliphatic carbocycles. The number of pyridine rings is 2. The molecule has 0 amide bonds. The first-order chi connectivity index (χ1) is 19.3. The molecule has 0 spiro atoms. The maximum atomic E-state index is 6.15. The van der Waals surface area contributed by atoms with Crippen molar-refractivity contribution >= 4 is 35.7 Å². The molecule has 0 radical (unpaired) electrons. The Labute approximate surface area is 232 Å². The first-order valence-corrected chi connectivity index (χ1v) is 14.2. The Bertz CT molecular complexity index is 1530. The number of aliphatic imine (C=N–C) groups is 2. The quantitative estimate of drug-likeness (QED) is 0.372. The van der Waals surface area contributed by atoms with Gasteiger partial charge in [-0.1, -0.05) is 36.0 Å². The summed E-state index contributed by atoms with van der Waals surface area (Å²) in [6.45, 7) is 2.56. The molecule has 1 aromatic carbocycles. The van der Waals surface area contributed by atoms with Crippen molar-refractivity contribution in [1.29, 1.82) is 0 Å². The molecule has 8 heteroatoms. The van der Waals surface area contributed by atoms with Crippen molar-refractivity contribution in [2.45, 2.75) is 37.8 Å². The molecule has 5 heterocycles. The molecule has 2 aromatic heterocycles. The Morgan fingerprint density at radius 3 is 2.49 bits per heavy atom. The van der Waals surface area contributed by atoms with Gasteiger partial charge < -0.3 is 4.74 Å². The second-order valence-corrected chi connectivity index (χ2v) is 10.8. The molecular formula is C31H28N6OS. The molecule has 2 unspecified atom stereocenters. The SMILES string of the molecule is CCOC1N=C2C3=C(N=CN2N1c1ccccc1)SC(c1ccncc1)C1=C3C(=Cc2ccncc2)CCC1. The van der Waals surface area contributed by atoms with Crippen LogP contribution in [-0.4, -0.2) is 40.1 Å². The monoisotopic (exact) mass is 532 g/mol. The lowest BCUT2D eigenvalue weighted by atomic mass is 9.79. The zero-order valence-corrected chi connectivity index (χ0v) is 22.5. The predicted molar refractivity (Wildman–Crippen MR) is 157 cm³/mol. The molecule has 7 rings (SSSR count). The van der Waals surface area contributed by atoms with Crippen molar-refractivity contribution < 1.29 is 4.74 Å². The van der Waals surface area contributed by atoms with Crippen LogP contribution in [0.15, 0.2) is 117 Å². The normalized spacial score (nSPS) is 23.1. The van der Waals surface area contributed by atoms with Crippen LogP contribution < -0.4 is 5.01 Å². The van der Waals surface area contributed by atoms with Crippen LogP contribution >= 0.6 is 11.8 Å². The van der Waals surface area contributed by atoms with Crippen molar-refractivity contribution in [2.24, 2.45) is 9.98 Å².